The molecule has 0 fully saturated rings. The monoisotopic (exact) mass is 656 g/mol. The van der Waals surface area contributed by atoms with Gasteiger partial charge in [-0.15, -0.1) is 11.3 Å². The molecule has 234 valence electrons. The first-order valence-corrected chi connectivity index (χ1v) is 17.6. The largest absolute Gasteiger partial charge is 0.452 e. The zero-order valence-corrected chi connectivity index (χ0v) is 27.7. The first kappa shape index (κ1) is 28.6. The van der Waals surface area contributed by atoms with E-state index in [1.807, 2.05) is 47.7 Å². The lowest BCUT2D eigenvalue weighted by Crippen LogP contribution is -1.94. The zero-order chi connectivity index (χ0) is 33.0. The number of furan rings is 1. The van der Waals surface area contributed by atoms with Crippen LogP contribution in [0.4, 0.5) is 0 Å². The highest BCUT2D eigenvalue weighted by atomic mass is 32.1. The molecular formula is C46H28N2OS. The van der Waals surface area contributed by atoms with Gasteiger partial charge >= 0.3 is 0 Å². The second-order valence-corrected chi connectivity index (χ2v) is 13.6. The Morgan fingerprint density at radius 1 is 0.420 bits per heavy atom. The average Bonchev–Trinajstić information content (AvgIpc) is 3.77. The Hall–Kier alpha value is -6.36. The topological polar surface area (TPSA) is 38.9 Å². The predicted molar refractivity (Wildman–Crippen MR) is 209 cm³/mol. The Morgan fingerprint density at radius 3 is 1.76 bits per heavy atom. The molecule has 7 aromatic carbocycles. The lowest BCUT2D eigenvalue weighted by atomic mass is 9.95. The fourth-order valence-corrected chi connectivity index (χ4v) is 8.31. The maximum atomic E-state index is 6.32. The van der Waals surface area contributed by atoms with E-state index in [1.165, 1.54) is 42.4 Å². The van der Waals surface area contributed by atoms with Crippen molar-refractivity contribution in [1.29, 1.82) is 0 Å². The van der Waals surface area contributed by atoms with Crippen LogP contribution in [0, 0.1) is 0 Å². The molecule has 3 heterocycles. The summed E-state index contributed by atoms with van der Waals surface area (Å²) in [6.45, 7) is 0. The Morgan fingerprint density at radius 2 is 0.980 bits per heavy atom. The van der Waals surface area contributed by atoms with E-state index in [4.69, 9.17) is 14.4 Å². The molecule has 0 amide bonds. The van der Waals surface area contributed by atoms with Crippen molar-refractivity contribution in [3.8, 4) is 56.0 Å². The van der Waals surface area contributed by atoms with Gasteiger partial charge in [0.1, 0.15) is 16.8 Å². The fraction of sp³-hybridized carbons (Fsp3) is 0. The summed E-state index contributed by atoms with van der Waals surface area (Å²) in [7, 11) is 0. The van der Waals surface area contributed by atoms with E-state index in [0.29, 0.717) is 11.4 Å². The summed E-state index contributed by atoms with van der Waals surface area (Å²) in [6, 6.07) is 59.8. The Labute approximate surface area is 292 Å². The highest BCUT2D eigenvalue weighted by molar-refractivity contribution is 7.26. The van der Waals surface area contributed by atoms with Crippen molar-refractivity contribution in [3.05, 3.63) is 170 Å². The Bertz CT molecular complexity index is 2880. The highest BCUT2D eigenvalue weighted by Gasteiger charge is 2.18. The van der Waals surface area contributed by atoms with E-state index in [1.54, 1.807) is 0 Å². The van der Waals surface area contributed by atoms with Gasteiger partial charge in [-0.3, -0.25) is 0 Å². The molecule has 10 rings (SSSR count). The molecule has 0 aliphatic carbocycles. The molecule has 50 heavy (non-hydrogen) atoms. The lowest BCUT2D eigenvalue weighted by Gasteiger charge is -2.10. The Balaban J connectivity index is 1.05. The maximum Gasteiger partial charge on any atom is 0.180 e. The van der Waals surface area contributed by atoms with E-state index in [9.17, 15) is 0 Å². The van der Waals surface area contributed by atoms with E-state index in [0.717, 1.165) is 44.4 Å². The van der Waals surface area contributed by atoms with Crippen molar-refractivity contribution in [2.24, 2.45) is 0 Å². The molecule has 0 N–H and O–H groups in total. The van der Waals surface area contributed by atoms with Gasteiger partial charge in [-0.25, -0.2) is 9.97 Å². The number of benzene rings is 7. The molecule has 0 spiro atoms. The minimum absolute atomic E-state index is 0.670. The summed E-state index contributed by atoms with van der Waals surface area (Å²) in [6.07, 6.45) is 0. The van der Waals surface area contributed by atoms with Gasteiger partial charge in [0.15, 0.2) is 11.4 Å². The van der Waals surface area contributed by atoms with Crippen LogP contribution in [-0.4, -0.2) is 9.97 Å². The van der Waals surface area contributed by atoms with Gasteiger partial charge < -0.3 is 4.42 Å². The fourth-order valence-electron chi connectivity index (χ4n) is 7.07. The number of hydrogen-bond acceptors (Lipinski definition) is 4. The second kappa shape index (κ2) is 11.7. The number of para-hydroxylation sites is 1. The predicted octanol–water partition coefficient (Wildman–Crippen LogP) is 13.1. The van der Waals surface area contributed by atoms with E-state index in [-0.39, 0.29) is 0 Å². The average molecular weight is 657 g/mol. The molecular weight excluding hydrogens is 629 g/mol. The SMILES string of the molecule is c1ccc(-c2nc(-c3cccc(-c4cccc(-c5cccc(-c6cccc7c6sc6ccccc67)c5)c4)c3)nc3c2oc2ccccc23)cc1. The standard InChI is InChI=1S/C46H28N2OS/c1-2-12-29(13-3-1)42-44-43(39-21-4-6-24-40(39)49-44)48-46(47-42)35-19-10-17-33(28-35)31-15-8-14-30(26-31)32-16-9-18-34(27-32)36-22-11-23-38-37-20-5-7-25-41(37)50-45(36)38/h1-28H. The normalized spacial score (nSPS) is 11.6. The molecule has 0 aliphatic rings. The van der Waals surface area contributed by atoms with Crippen molar-refractivity contribution in [2.45, 2.75) is 0 Å². The van der Waals surface area contributed by atoms with Gasteiger partial charge in [0.25, 0.3) is 0 Å². The van der Waals surface area contributed by atoms with Crippen LogP contribution < -0.4 is 0 Å². The third kappa shape index (κ3) is 4.80. The van der Waals surface area contributed by atoms with Crippen LogP contribution >= 0.6 is 11.3 Å². The molecule has 3 aromatic heterocycles. The molecule has 0 saturated carbocycles. The molecule has 0 aliphatic heterocycles. The van der Waals surface area contributed by atoms with Crippen LogP contribution in [0.25, 0.3) is 98.3 Å². The van der Waals surface area contributed by atoms with Crippen LogP contribution in [-0.2, 0) is 0 Å². The highest BCUT2D eigenvalue weighted by Crippen LogP contribution is 2.41. The van der Waals surface area contributed by atoms with Crippen molar-refractivity contribution < 1.29 is 4.42 Å². The van der Waals surface area contributed by atoms with Crippen LogP contribution in [0.1, 0.15) is 0 Å². The van der Waals surface area contributed by atoms with Crippen LogP contribution in [0.15, 0.2) is 174 Å². The minimum atomic E-state index is 0.670. The summed E-state index contributed by atoms with van der Waals surface area (Å²) in [5.41, 5.74) is 12.2. The molecule has 10 aromatic rings. The molecule has 0 atom stereocenters. The third-order valence-electron chi connectivity index (χ3n) is 9.49. The molecule has 0 unspecified atom stereocenters. The van der Waals surface area contributed by atoms with Gasteiger partial charge in [-0.2, -0.15) is 0 Å². The zero-order valence-electron chi connectivity index (χ0n) is 26.9. The van der Waals surface area contributed by atoms with Crippen molar-refractivity contribution in [3.63, 3.8) is 0 Å². The van der Waals surface area contributed by atoms with Crippen LogP contribution in [0.3, 0.4) is 0 Å². The van der Waals surface area contributed by atoms with E-state index >= 15 is 0 Å². The van der Waals surface area contributed by atoms with Crippen molar-refractivity contribution >= 4 is 53.6 Å². The number of thiophene rings is 1. The van der Waals surface area contributed by atoms with Gasteiger partial charge in [0.2, 0.25) is 0 Å². The minimum Gasteiger partial charge on any atom is -0.452 e. The summed E-state index contributed by atoms with van der Waals surface area (Å²) < 4.78 is 8.97. The van der Waals surface area contributed by atoms with E-state index in [2.05, 4.69) is 133 Å². The molecule has 3 nitrogen and oxygen atoms in total. The van der Waals surface area contributed by atoms with Crippen molar-refractivity contribution in [1.82, 2.24) is 9.97 Å². The molecule has 0 bridgehead atoms. The summed E-state index contributed by atoms with van der Waals surface area (Å²) in [4.78, 5) is 10.2. The van der Waals surface area contributed by atoms with E-state index < -0.39 is 0 Å². The second-order valence-electron chi connectivity index (χ2n) is 12.6. The third-order valence-corrected chi connectivity index (χ3v) is 10.7. The molecule has 4 heteroatoms. The number of fused-ring (bicyclic) bond motifs is 6. The van der Waals surface area contributed by atoms with Gasteiger partial charge in [-0.05, 0) is 69.8 Å². The van der Waals surface area contributed by atoms with Crippen molar-refractivity contribution in [2.75, 3.05) is 0 Å². The smallest absolute Gasteiger partial charge is 0.180 e. The Kier molecular flexibility index (Phi) is 6.68. The van der Waals surface area contributed by atoms with Crippen LogP contribution in [0.5, 0.6) is 0 Å². The van der Waals surface area contributed by atoms with Gasteiger partial charge in [0.05, 0.1) is 0 Å². The number of nitrogens with zero attached hydrogens (tertiary/aromatic N) is 2. The number of rotatable bonds is 5. The first-order chi connectivity index (χ1) is 24.8. The lowest BCUT2D eigenvalue weighted by molar-refractivity contribution is 0.667. The van der Waals surface area contributed by atoms with Gasteiger partial charge in [0, 0.05) is 36.7 Å². The summed E-state index contributed by atoms with van der Waals surface area (Å²) in [5.74, 6) is 0.670. The maximum absolute atomic E-state index is 6.32. The molecule has 0 saturated heterocycles. The molecule has 0 radical (unpaired) electrons. The quantitative estimate of drug-likeness (QED) is 0.185. The number of aromatic nitrogens is 2. The van der Waals surface area contributed by atoms with Crippen LogP contribution in [0.2, 0.25) is 0 Å². The number of hydrogen-bond donors (Lipinski definition) is 0. The summed E-state index contributed by atoms with van der Waals surface area (Å²) >= 11 is 1.87. The first-order valence-electron chi connectivity index (χ1n) is 16.7. The summed E-state index contributed by atoms with van der Waals surface area (Å²) in [5, 5.41) is 3.62. The van der Waals surface area contributed by atoms with Gasteiger partial charge in [-0.1, -0.05) is 133 Å².